The zero-order valence-corrected chi connectivity index (χ0v) is 5.32. The fraction of sp³-hybridized carbons (Fsp3) is 0.500. The lowest BCUT2D eigenvalue weighted by Gasteiger charge is -1.86. The highest BCUT2D eigenvalue weighted by Crippen LogP contribution is 1.66. The number of hydrogen-bond acceptors (Lipinski definition) is 4. The predicted molar refractivity (Wildman–Crippen MR) is 33.3 cm³/mol. The fourth-order valence-electron chi connectivity index (χ4n) is 0.0456. The van der Waals surface area contributed by atoms with E-state index in [1.165, 1.54) is 0 Å². The second-order valence-electron chi connectivity index (χ2n) is 0.726. The van der Waals surface area contributed by atoms with Crippen LogP contribution in [0.15, 0.2) is 0 Å². The summed E-state index contributed by atoms with van der Waals surface area (Å²) in [6.07, 6.45) is 0. The first kappa shape index (κ1) is 10.6. The summed E-state index contributed by atoms with van der Waals surface area (Å²) in [4.78, 5) is 9.87. The highest BCUT2D eigenvalue weighted by Gasteiger charge is 1.86. The predicted octanol–water partition coefficient (Wildman–Crippen LogP) is -2.99. The average Bonchev–Trinajstić information content (AvgIpc) is 1.91. The van der Waals surface area contributed by atoms with Gasteiger partial charge >= 0.3 is 0 Å². The van der Waals surface area contributed by atoms with Crippen LogP contribution in [0.5, 0.6) is 0 Å². The van der Waals surface area contributed by atoms with E-state index in [1.54, 1.807) is 0 Å². The summed E-state index contributed by atoms with van der Waals surface area (Å²) in [5.74, 6) is 11.5. The van der Waals surface area contributed by atoms with Crippen LogP contribution >= 0.6 is 12.6 Å². The molecule has 0 radical (unpaired) electrons. The monoisotopic (exact) mass is 139 g/mol. The van der Waals surface area contributed by atoms with Crippen molar-refractivity contribution in [3.63, 3.8) is 0 Å². The lowest BCUT2D eigenvalue weighted by molar-refractivity contribution is -0.379. The van der Waals surface area contributed by atoms with Gasteiger partial charge in [-0.25, -0.2) is 5.84 Å². The van der Waals surface area contributed by atoms with Crippen LogP contribution in [0.1, 0.15) is 0 Å². The maximum Gasteiger partial charge on any atom is 0.243 e. The Hall–Kier alpha value is -0.300. The summed E-state index contributed by atoms with van der Waals surface area (Å²) in [5.41, 5.74) is 1.90. The molecule has 0 aromatic heterocycles. The van der Waals surface area contributed by atoms with Crippen molar-refractivity contribution in [2.45, 2.75) is 0 Å². The smallest absolute Gasteiger partial charge is 0.243 e. The summed E-state index contributed by atoms with van der Waals surface area (Å²) < 4.78 is 0. The zero-order chi connectivity index (χ0) is 6.99. The van der Waals surface area contributed by atoms with Gasteiger partial charge in [0.25, 0.3) is 0 Å². The van der Waals surface area contributed by atoms with Crippen molar-refractivity contribution in [3.8, 4) is 0 Å². The number of rotatable bonds is 1. The van der Waals surface area contributed by atoms with Gasteiger partial charge in [-0.3, -0.25) is 16.1 Å². The molecule has 0 saturated carbocycles. The summed E-state index contributed by atoms with van der Waals surface area (Å²) in [7, 11) is 0. The van der Waals surface area contributed by atoms with Gasteiger partial charge in [-0.2, -0.15) is 18.5 Å². The van der Waals surface area contributed by atoms with E-state index in [4.69, 9.17) is 0 Å². The molecule has 8 heavy (non-hydrogen) atoms. The molecule has 0 aliphatic carbocycles. The van der Waals surface area contributed by atoms with E-state index in [2.05, 4.69) is 30.2 Å². The van der Waals surface area contributed by atoms with Crippen LogP contribution in [0.2, 0.25) is 0 Å². The van der Waals surface area contributed by atoms with E-state index in [0.717, 1.165) is 0 Å². The van der Waals surface area contributed by atoms with E-state index in [-0.39, 0.29) is 11.7 Å². The molecular weight excluding hydrogens is 128 g/mol. The molecule has 0 aliphatic rings. The SMILES string of the molecule is NNC(=O)CS.N[NH3+]. The molecule has 0 atom stereocenters. The maximum atomic E-state index is 9.87. The molecule has 0 aromatic rings. The first-order valence-electron chi connectivity index (χ1n) is 1.82. The number of thiol groups is 1. The Kier molecular flexibility index (Phi) is 13.1. The molecule has 0 spiro atoms. The van der Waals surface area contributed by atoms with Crippen molar-refractivity contribution in [1.82, 2.24) is 5.43 Å². The summed E-state index contributed by atoms with van der Waals surface area (Å²) in [6, 6.07) is 0. The molecule has 0 rings (SSSR count). The molecule has 0 aromatic carbocycles. The number of amides is 1. The van der Waals surface area contributed by atoms with Gasteiger partial charge < -0.3 is 0 Å². The Labute approximate surface area is 52.9 Å². The number of hydrazine groups is 1. The number of hydrogen-bond donors (Lipinski definition) is 5. The van der Waals surface area contributed by atoms with Gasteiger partial charge in [0.1, 0.15) is 0 Å². The van der Waals surface area contributed by atoms with Crippen molar-refractivity contribution >= 4 is 18.5 Å². The molecule has 0 saturated heterocycles. The summed E-state index contributed by atoms with van der Waals surface area (Å²) >= 11 is 3.60. The molecule has 0 heterocycles. The maximum absolute atomic E-state index is 9.87. The van der Waals surface area contributed by atoms with Gasteiger partial charge in [-0.1, -0.05) is 0 Å². The van der Waals surface area contributed by atoms with Crippen molar-refractivity contribution in [2.75, 3.05) is 5.75 Å². The van der Waals surface area contributed by atoms with Gasteiger partial charge in [-0.15, -0.1) is 0 Å². The highest BCUT2D eigenvalue weighted by molar-refractivity contribution is 7.81. The lowest BCUT2D eigenvalue weighted by atomic mass is 10.8. The standard InChI is InChI=1S/C2H6N2OS.H4N2/c3-4-2(5)1-6;1-2/h6H,1,3H2,(H,4,5);1-2H2/p+1. The number of carbonyl (C=O) groups excluding carboxylic acids is 1. The third-order valence-electron chi connectivity index (χ3n) is 0.305. The molecular formula is C2H11N4OS+. The summed E-state index contributed by atoms with van der Waals surface area (Å²) in [5, 5.41) is 0. The Morgan fingerprint density at radius 1 is 1.75 bits per heavy atom. The van der Waals surface area contributed by atoms with Crippen LogP contribution in [0, 0.1) is 0 Å². The van der Waals surface area contributed by atoms with Gasteiger partial charge in [0.2, 0.25) is 5.91 Å². The topological polar surface area (TPSA) is 109 Å². The second kappa shape index (κ2) is 9.85. The molecule has 0 bridgehead atoms. The fourth-order valence-corrected chi connectivity index (χ4v) is 0.137. The van der Waals surface area contributed by atoms with Gasteiger partial charge in [0.05, 0.1) is 5.75 Å². The highest BCUT2D eigenvalue weighted by atomic mass is 32.1. The minimum Gasteiger partial charge on any atom is -0.294 e. The normalized spacial score (nSPS) is 6.50. The molecule has 0 aliphatic heterocycles. The van der Waals surface area contributed by atoms with Crippen molar-refractivity contribution < 1.29 is 10.6 Å². The molecule has 6 heteroatoms. The number of nitrogens with one attached hydrogen (secondary N) is 1. The third kappa shape index (κ3) is 9.20. The van der Waals surface area contributed by atoms with Gasteiger partial charge in [0.15, 0.2) is 0 Å². The van der Waals surface area contributed by atoms with Crippen LogP contribution < -0.4 is 23.0 Å². The zero-order valence-electron chi connectivity index (χ0n) is 4.42. The minimum atomic E-state index is -0.265. The summed E-state index contributed by atoms with van der Waals surface area (Å²) in [6.45, 7) is 0. The number of quaternary nitrogens is 1. The van der Waals surface area contributed by atoms with E-state index in [0.29, 0.717) is 0 Å². The van der Waals surface area contributed by atoms with Crippen LogP contribution in [0.25, 0.3) is 0 Å². The Bertz CT molecular complexity index is 52.0. The largest absolute Gasteiger partial charge is 0.294 e. The Morgan fingerprint density at radius 2 is 2.12 bits per heavy atom. The molecule has 5 nitrogen and oxygen atoms in total. The van der Waals surface area contributed by atoms with E-state index in [1.807, 2.05) is 5.43 Å². The van der Waals surface area contributed by atoms with Gasteiger partial charge in [0, 0.05) is 0 Å². The number of nitrogens with two attached hydrogens (primary N) is 2. The molecule has 0 fully saturated rings. The molecule has 1 amide bonds. The van der Waals surface area contributed by atoms with Gasteiger partial charge in [-0.05, 0) is 0 Å². The van der Waals surface area contributed by atoms with Crippen molar-refractivity contribution in [1.29, 1.82) is 0 Å². The quantitative estimate of drug-likeness (QED) is 0.116. The van der Waals surface area contributed by atoms with Crippen LogP contribution in [-0.4, -0.2) is 11.7 Å². The first-order valence-corrected chi connectivity index (χ1v) is 2.45. The van der Waals surface area contributed by atoms with Crippen LogP contribution in [0.3, 0.4) is 0 Å². The number of carbonyl (C=O) groups is 1. The average molecular weight is 139 g/mol. The first-order chi connectivity index (χ1) is 3.81. The van der Waals surface area contributed by atoms with Crippen molar-refractivity contribution in [2.24, 2.45) is 11.7 Å². The van der Waals surface area contributed by atoms with Crippen molar-refractivity contribution in [3.05, 3.63) is 0 Å². The molecule has 8 N–H and O–H groups in total. The Morgan fingerprint density at radius 3 is 2.12 bits per heavy atom. The molecule has 0 unspecified atom stereocenters. The van der Waals surface area contributed by atoms with E-state index >= 15 is 0 Å². The second-order valence-corrected chi connectivity index (χ2v) is 1.04. The van der Waals surface area contributed by atoms with E-state index in [9.17, 15) is 4.79 Å². The lowest BCUT2D eigenvalue weighted by Crippen LogP contribution is -2.59. The molecule has 50 valence electrons. The Balaban J connectivity index is 0. The third-order valence-corrected chi connectivity index (χ3v) is 0.592. The van der Waals surface area contributed by atoms with Crippen LogP contribution in [0.4, 0.5) is 0 Å². The van der Waals surface area contributed by atoms with Crippen LogP contribution in [-0.2, 0) is 4.79 Å². The van der Waals surface area contributed by atoms with E-state index < -0.39 is 0 Å². The minimum absolute atomic E-state index is 0.149.